The monoisotopic (exact) mass is 265 g/mol. The number of nitrogens with one attached hydrogen (secondary N) is 1. The molecule has 1 aromatic heterocycles. The Bertz CT molecular complexity index is 533. The number of aromatic nitrogens is 2. The van der Waals surface area contributed by atoms with Gasteiger partial charge in [-0.1, -0.05) is 18.5 Å². The minimum atomic E-state index is 0.260. The van der Waals surface area contributed by atoms with Gasteiger partial charge in [0.05, 0.1) is 17.1 Å². The number of benzene rings is 1. The molecule has 2 rings (SSSR count). The molecule has 2 aromatic rings. The van der Waals surface area contributed by atoms with E-state index < -0.39 is 0 Å². The number of rotatable bonds is 5. The van der Waals surface area contributed by atoms with Crippen molar-refractivity contribution >= 4 is 22.6 Å². The van der Waals surface area contributed by atoms with E-state index in [9.17, 15) is 0 Å². The van der Waals surface area contributed by atoms with Crippen LogP contribution < -0.4 is 5.32 Å². The van der Waals surface area contributed by atoms with Crippen molar-refractivity contribution in [3.8, 4) is 0 Å². The minimum Gasteiger partial charge on any atom is -0.327 e. The Morgan fingerprint density at radius 2 is 2.17 bits per heavy atom. The van der Waals surface area contributed by atoms with Gasteiger partial charge in [0.15, 0.2) is 0 Å². The van der Waals surface area contributed by atoms with Crippen LogP contribution in [0.3, 0.4) is 0 Å². The minimum absolute atomic E-state index is 0.260. The Morgan fingerprint density at radius 3 is 2.83 bits per heavy atom. The molecule has 1 unspecified atom stereocenters. The van der Waals surface area contributed by atoms with Gasteiger partial charge in [-0.05, 0) is 45.0 Å². The first kappa shape index (κ1) is 13.4. The standard InChI is InChI=1S/C14H20ClN3/c1-4-8-16-10(3)14-17-12-9-11(15)6-7-13(12)18(14)5-2/h6-7,9-10,16H,4-5,8H2,1-3H3. The first-order valence-electron chi connectivity index (χ1n) is 6.56. The molecule has 1 aromatic carbocycles. The van der Waals surface area contributed by atoms with Gasteiger partial charge in [-0.25, -0.2) is 4.98 Å². The highest BCUT2D eigenvalue weighted by molar-refractivity contribution is 6.31. The fourth-order valence-electron chi connectivity index (χ4n) is 2.24. The Hall–Kier alpha value is -1.06. The number of hydrogen-bond donors (Lipinski definition) is 1. The SMILES string of the molecule is CCCNC(C)c1nc2cc(Cl)ccc2n1CC. The van der Waals surface area contributed by atoms with Crippen LogP contribution in [0.15, 0.2) is 18.2 Å². The molecule has 1 heterocycles. The first-order chi connectivity index (χ1) is 8.67. The van der Waals surface area contributed by atoms with Gasteiger partial charge >= 0.3 is 0 Å². The largest absolute Gasteiger partial charge is 0.327 e. The molecule has 0 aliphatic carbocycles. The number of imidazole rings is 1. The van der Waals surface area contributed by atoms with Crippen molar-refractivity contribution in [3.05, 3.63) is 29.0 Å². The number of hydrogen-bond acceptors (Lipinski definition) is 2. The van der Waals surface area contributed by atoms with E-state index in [1.165, 1.54) is 0 Å². The molecule has 0 amide bonds. The predicted octanol–water partition coefficient (Wildman–Crippen LogP) is 3.77. The number of aryl methyl sites for hydroxylation is 1. The summed E-state index contributed by atoms with van der Waals surface area (Å²) in [5.74, 6) is 1.09. The second kappa shape index (κ2) is 5.72. The molecule has 1 atom stereocenters. The lowest BCUT2D eigenvalue weighted by atomic mass is 10.3. The van der Waals surface area contributed by atoms with Crippen LogP contribution in [0.25, 0.3) is 11.0 Å². The second-order valence-electron chi connectivity index (χ2n) is 4.52. The van der Waals surface area contributed by atoms with Crippen molar-refractivity contribution in [1.29, 1.82) is 0 Å². The van der Waals surface area contributed by atoms with Gasteiger partial charge in [0.2, 0.25) is 0 Å². The zero-order valence-electron chi connectivity index (χ0n) is 11.2. The summed E-state index contributed by atoms with van der Waals surface area (Å²) in [4.78, 5) is 4.71. The highest BCUT2D eigenvalue weighted by Crippen LogP contribution is 2.23. The van der Waals surface area contributed by atoms with Crippen LogP contribution in [0.1, 0.15) is 39.1 Å². The Morgan fingerprint density at radius 1 is 1.39 bits per heavy atom. The van der Waals surface area contributed by atoms with Crippen molar-refractivity contribution in [1.82, 2.24) is 14.9 Å². The van der Waals surface area contributed by atoms with Crippen molar-refractivity contribution in [2.24, 2.45) is 0 Å². The Balaban J connectivity index is 2.43. The highest BCUT2D eigenvalue weighted by Gasteiger charge is 2.15. The predicted molar refractivity (Wildman–Crippen MR) is 77.1 cm³/mol. The van der Waals surface area contributed by atoms with Gasteiger partial charge in [0.25, 0.3) is 0 Å². The summed E-state index contributed by atoms with van der Waals surface area (Å²) >= 11 is 6.02. The third-order valence-electron chi connectivity index (χ3n) is 3.14. The molecule has 0 saturated heterocycles. The maximum absolute atomic E-state index is 6.02. The van der Waals surface area contributed by atoms with Crippen molar-refractivity contribution in [2.45, 2.75) is 39.8 Å². The maximum Gasteiger partial charge on any atom is 0.126 e. The average Bonchev–Trinajstić information content (AvgIpc) is 2.73. The molecule has 0 aliphatic heterocycles. The van der Waals surface area contributed by atoms with E-state index in [2.05, 4.69) is 30.7 Å². The van der Waals surface area contributed by atoms with E-state index in [1.807, 2.05) is 18.2 Å². The summed E-state index contributed by atoms with van der Waals surface area (Å²) in [7, 11) is 0. The van der Waals surface area contributed by atoms with Gasteiger partial charge in [0, 0.05) is 11.6 Å². The van der Waals surface area contributed by atoms with Crippen LogP contribution in [0, 0.1) is 0 Å². The van der Waals surface area contributed by atoms with Crippen LogP contribution in [0.4, 0.5) is 0 Å². The second-order valence-corrected chi connectivity index (χ2v) is 4.96. The third-order valence-corrected chi connectivity index (χ3v) is 3.38. The van der Waals surface area contributed by atoms with Crippen molar-refractivity contribution in [2.75, 3.05) is 6.54 Å². The zero-order chi connectivity index (χ0) is 13.1. The third kappa shape index (κ3) is 2.52. The topological polar surface area (TPSA) is 29.9 Å². The molecule has 3 nitrogen and oxygen atoms in total. The number of nitrogens with zero attached hydrogens (tertiary/aromatic N) is 2. The lowest BCUT2D eigenvalue weighted by Gasteiger charge is -2.14. The zero-order valence-corrected chi connectivity index (χ0v) is 12.0. The molecule has 0 bridgehead atoms. The average molecular weight is 266 g/mol. The number of fused-ring (bicyclic) bond motifs is 1. The lowest BCUT2D eigenvalue weighted by Crippen LogP contribution is -2.22. The first-order valence-corrected chi connectivity index (χ1v) is 6.94. The molecular weight excluding hydrogens is 246 g/mol. The van der Waals surface area contributed by atoms with E-state index in [-0.39, 0.29) is 6.04 Å². The maximum atomic E-state index is 6.02. The fourth-order valence-corrected chi connectivity index (χ4v) is 2.40. The van der Waals surface area contributed by atoms with Crippen molar-refractivity contribution < 1.29 is 0 Å². The summed E-state index contributed by atoms with van der Waals surface area (Å²) in [6, 6.07) is 6.16. The van der Waals surface area contributed by atoms with E-state index in [0.29, 0.717) is 0 Å². The molecule has 0 radical (unpaired) electrons. The molecule has 0 aliphatic rings. The summed E-state index contributed by atoms with van der Waals surface area (Å²) in [6.07, 6.45) is 1.13. The quantitative estimate of drug-likeness (QED) is 0.892. The Labute approximate surface area is 113 Å². The van der Waals surface area contributed by atoms with E-state index in [1.54, 1.807) is 0 Å². The Kier molecular flexibility index (Phi) is 4.25. The highest BCUT2D eigenvalue weighted by atomic mass is 35.5. The summed E-state index contributed by atoms with van der Waals surface area (Å²) in [6.45, 7) is 8.40. The van der Waals surface area contributed by atoms with Gasteiger partial charge in [-0.15, -0.1) is 0 Å². The van der Waals surface area contributed by atoms with E-state index in [0.717, 1.165) is 41.4 Å². The molecule has 98 valence electrons. The van der Waals surface area contributed by atoms with Crippen LogP contribution in [0.5, 0.6) is 0 Å². The van der Waals surface area contributed by atoms with Gasteiger partial charge in [-0.3, -0.25) is 0 Å². The summed E-state index contributed by atoms with van der Waals surface area (Å²) < 4.78 is 2.25. The smallest absolute Gasteiger partial charge is 0.126 e. The van der Waals surface area contributed by atoms with Crippen LogP contribution in [-0.2, 0) is 6.54 Å². The fraction of sp³-hybridized carbons (Fsp3) is 0.500. The van der Waals surface area contributed by atoms with Crippen LogP contribution in [-0.4, -0.2) is 16.1 Å². The molecule has 18 heavy (non-hydrogen) atoms. The molecule has 1 N–H and O–H groups in total. The van der Waals surface area contributed by atoms with Crippen LogP contribution >= 0.6 is 11.6 Å². The van der Waals surface area contributed by atoms with E-state index in [4.69, 9.17) is 16.6 Å². The normalized spacial score (nSPS) is 13.1. The van der Waals surface area contributed by atoms with Gasteiger partial charge in [0.1, 0.15) is 5.82 Å². The van der Waals surface area contributed by atoms with E-state index >= 15 is 0 Å². The van der Waals surface area contributed by atoms with Gasteiger partial charge in [-0.2, -0.15) is 0 Å². The summed E-state index contributed by atoms with van der Waals surface area (Å²) in [5, 5.41) is 4.22. The molecule has 0 saturated carbocycles. The van der Waals surface area contributed by atoms with Gasteiger partial charge < -0.3 is 9.88 Å². The lowest BCUT2D eigenvalue weighted by molar-refractivity contribution is 0.521. The molecule has 0 spiro atoms. The molecular formula is C14H20ClN3. The summed E-state index contributed by atoms with van der Waals surface area (Å²) in [5.41, 5.74) is 2.13. The molecule has 4 heteroatoms. The van der Waals surface area contributed by atoms with Crippen LogP contribution in [0.2, 0.25) is 5.02 Å². The molecule has 0 fully saturated rings. The number of halogens is 1. The van der Waals surface area contributed by atoms with Crippen molar-refractivity contribution in [3.63, 3.8) is 0 Å².